The Bertz CT molecular complexity index is 469. The first-order valence-corrected chi connectivity index (χ1v) is 6.36. The Morgan fingerprint density at radius 3 is 2.53 bits per heavy atom. The van der Waals surface area contributed by atoms with Crippen LogP contribution in [0.15, 0.2) is 24.3 Å². The highest BCUT2D eigenvalue weighted by Crippen LogP contribution is 2.31. The topological polar surface area (TPSA) is 66.8 Å². The molecule has 1 N–H and O–H groups in total. The minimum Gasteiger partial charge on any atom is -0.465 e. The number of likely N-dealkylation sites (tertiary alicyclic amines) is 1. The Balaban J connectivity index is 2.15. The molecule has 1 unspecified atom stereocenters. The van der Waals surface area contributed by atoms with Crippen molar-refractivity contribution in [1.29, 1.82) is 0 Å². The molecule has 1 atom stereocenters. The zero-order chi connectivity index (χ0) is 13.8. The summed E-state index contributed by atoms with van der Waals surface area (Å²) < 4.78 is 4.96. The second kappa shape index (κ2) is 5.73. The monoisotopic (exact) mass is 263 g/mol. The maximum Gasteiger partial charge on any atom is 0.407 e. The molecule has 0 aromatic heterocycles. The van der Waals surface area contributed by atoms with Gasteiger partial charge in [-0.05, 0) is 37.0 Å². The highest BCUT2D eigenvalue weighted by atomic mass is 16.5. The second-order valence-electron chi connectivity index (χ2n) is 4.65. The largest absolute Gasteiger partial charge is 0.465 e. The van der Waals surface area contributed by atoms with E-state index in [0.717, 1.165) is 24.8 Å². The van der Waals surface area contributed by atoms with E-state index < -0.39 is 6.09 Å². The summed E-state index contributed by atoms with van der Waals surface area (Å²) in [5.74, 6) is 0.117. The lowest BCUT2D eigenvalue weighted by atomic mass is 9.95. The number of carbonyl (C=O) groups is 2. The van der Waals surface area contributed by atoms with E-state index in [9.17, 15) is 14.7 Å². The molecule has 19 heavy (non-hydrogen) atoms. The van der Waals surface area contributed by atoms with E-state index in [1.54, 1.807) is 12.1 Å². The van der Waals surface area contributed by atoms with Crippen LogP contribution >= 0.6 is 0 Å². The Morgan fingerprint density at radius 1 is 1.26 bits per heavy atom. The predicted molar refractivity (Wildman–Crippen MR) is 69.1 cm³/mol. The molecule has 1 heterocycles. The van der Waals surface area contributed by atoms with Crippen LogP contribution < -0.4 is 4.74 Å². The summed E-state index contributed by atoms with van der Waals surface area (Å²) in [5, 5.41) is 9.20. The maximum absolute atomic E-state index is 11.2. The van der Waals surface area contributed by atoms with Crippen LogP contribution in [-0.4, -0.2) is 28.6 Å². The van der Waals surface area contributed by atoms with E-state index in [-0.39, 0.29) is 12.0 Å². The molecule has 1 aromatic rings. The van der Waals surface area contributed by atoms with Gasteiger partial charge in [0.05, 0.1) is 6.04 Å². The quantitative estimate of drug-likeness (QED) is 0.658. The van der Waals surface area contributed by atoms with Gasteiger partial charge in [-0.25, -0.2) is 4.79 Å². The summed E-state index contributed by atoms with van der Waals surface area (Å²) in [7, 11) is 0. The van der Waals surface area contributed by atoms with Crippen LogP contribution in [0.4, 0.5) is 4.79 Å². The standard InChI is InChI=1S/C14H17NO4/c1-10(16)19-12-7-5-11(6-8-12)13-4-2-3-9-15(13)14(17)18/h5-8,13H,2-4,9H2,1H3,(H,17,18). The van der Waals surface area contributed by atoms with Crippen molar-refractivity contribution in [2.24, 2.45) is 0 Å². The van der Waals surface area contributed by atoms with Gasteiger partial charge >= 0.3 is 12.1 Å². The molecule has 1 amide bonds. The van der Waals surface area contributed by atoms with Gasteiger partial charge in [-0.3, -0.25) is 4.79 Å². The molecule has 0 bridgehead atoms. The first-order chi connectivity index (χ1) is 9.08. The second-order valence-corrected chi connectivity index (χ2v) is 4.65. The van der Waals surface area contributed by atoms with Gasteiger partial charge in [0, 0.05) is 13.5 Å². The van der Waals surface area contributed by atoms with E-state index in [1.807, 2.05) is 12.1 Å². The van der Waals surface area contributed by atoms with E-state index in [1.165, 1.54) is 11.8 Å². The molecule has 1 saturated heterocycles. The lowest BCUT2D eigenvalue weighted by molar-refractivity contribution is -0.131. The van der Waals surface area contributed by atoms with Crippen LogP contribution in [0.5, 0.6) is 5.75 Å². The fraction of sp³-hybridized carbons (Fsp3) is 0.429. The lowest BCUT2D eigenvalue weighted by Gasteiger charge is -2.33. The summed E-state index contributed by atoms with van der Waals surface area (Å²) in [6, 6.07) is 6.95. The lowest BCUT2D eigenvalue weighted by Crippen LogP contribution is -2.37. The Morgan fingerprint density at radius 2 is 1.95 bits per heavy atom. The number of hydrogen-bond donors (Lipinski definition) is 1. The average molecular weight is 263 g/mol. The average Bonchev–Trinajstić information content (AvgIpc) is 2.39. The van der Waals surface area contributed by atoms with Crippen LogP contribution in [0.1, 0.15) is 37.8 Å². The van der Waals surface area contributed by atoms with Crippen molar-refractivity contribution in [3.63, 3.8) is 0 Å². The summed E-state index contributed by atoms with van der Waals surface area (Å²) >= 11 is 0. The molecule has 1 aliphatic rings. The van der Waals surface area contributed by atoms with Crippen LogP contribution in [0, 0.1) is 0 Å². The van der Waals surface area contributed by atoms with E-state index >= 15 is 0 Å². The summed E-state index contributed by atoms with van der Waals surface area (Å²) in [4.78, 5) is 23.5. The van der Waals surface area contributed by atoms with Crippen molar-refractivity contribution >= 4 is 12.1 Å². The molecule has 5 heteroatoms. The number of amides is 1. The van der Waals surface area contributed by atoms with Gasteiger partial charge in [-0.2, -0.15) is 0 Å². The highest BCUT2D eigenvalue weighted by Gasteiger charge is 2.27. The molecule has 102 valence electrons. The Hall–Kier alpha value is -2.04. The van der Waals surface area contributed by atoms with Crippen LogP contribution in [0.3, 0.4) is 0 Å². The zero-order valence-electron chi connectivity index (χ0n) is 10.8. The summed E-state index contributed by atoms with van der Waals surface area (Å²) in [5.41, 5.74) is 0.943. The van der Waals surface area contributed by atoms with Gasteiger partial charge in [0.1, 0.15) is 5.75 Å². The molecule has 5 nitrogen and oxygen atoms in total. The highest BCUT2D eigenvalue weighted by molar-refractivity contribution is 5.69. The number of hydrogen-bond acceptors (Lipinski definition) is 3. The molecule has 0 saturated carbocycles. The van der Waals surface area contributed by atoms with Gasteiger partial charge in [-0.1, -0.05) is 12.1 Å². The number of carbonyl (C=O) groups excluding carboxylic acids is 1. The number of piperidine rings is 1. The van der Waals surface area contributed by atoms with E-state index in [4.69, 9.17) is 4.74 Å². The Kier molecular flexibility index (Phi) is 4.04. The number of rotatable bonds is 2. The molecule has 0 aliphatic carbocycles. The van der Waals surface area contributed by atoms with Crippen molar-refractivity contribution in [2.75, 3.05) is 6.54 Å². The van der Waals surface area contributed by atoms with Gasteiger partial charge in [-0.15, -0.1) is 0 Å². The number of esters is 1. The molecule has 0 radical (unpaired) electrons. The van der Waals surface area contributed by atoms with Crippen LogP contribution in [0.25, 0.3) is 0 Å². The minimum absolute atomic E-state index is 0.0994. The molecule has 1 aromatic carbocycles. The van der Waals surface area contributed by atoms with Crippen molar-refractivity contribution in [1.82, 2.24) is 4.90 Å². The van der Waals surface area contributed by atoms with Crippen molar-refractivity contribution in [3.05, 3.63) is 29.8 Å². The molecule has 0 spiro atoms. The third-order valence-corrected chi connectivity index (χ3v) is 3.27. The molecular weight excluding hydrogens is 246 g/mol. The molecule has 1 fully saturated rings. The first kappa shape index (κ1) is 13.4. The van der Waals surface area contributed by atoms with Gasteiger partial charge < -0.3 is 14.7 Å². The number of carboxylic acid groups (broad SMARTS) is 1. The normalized spacial score (nSPS) is 19.0. The number of ether oxygens (including phenoxy) is 1. The van der Waals surface area contributed by atoms with Gasteiger partial charge in [0.15, 0.2) is 0 Å². The number of nitrogens with zero attached hydrogens (tertiary/aromatic N) is 1. The van der Waals surface area contributed by atoms with Crippen LogP contribution in [0.2, 0.25) is 0 Å². The third-order valence-electron chi connectivity index (χ3n) is 3.27. The van der Waals surface area contributed by atoms with E-state index in [0.29, 0.717) is 12.3 Å². The predicted octanol–water partition coefficient (Wildman–Crippen LogP) is 2.82. The number of benzene rings is 1. The van der Waals surface area contributed by atoms with E-state index in [2.05, 4.69) is 0 Å². The minimum atomic E-state index is -0.881. The molecular formula is C14H17NO4. The molecule has 1 aliphatic heterocycles. The van der Waals surface area contributed by atoms with Gasteiger partial charge in [0.25, 0.3) is 0 Å². The summed E-state index contributed by atoms with van der Waals surface area (Å²) in [6.45, 7) is 1.92. The summed E-state index contributed by atoms with van der Waals surface area (Å²) in [6.07, 6.45) is 1.89. The maximum atomic E-state index is 11.2. The third kappa shape index (κ3) is 3.24. The first-order valence-electron chi connectivity index (χ1n) is 6.36. The van der Waals surface area contributed by atoms with Crippen molar-refractivity contribution in [3.8, 4) is 5.75 Å². The fourth-order valence-corrected chi connectivity index (χ4v) is 2.43. The van der Waals surface area contributed by atoms with Crippen LogP contribution in [-0.2, 0) is 4.79 Å². The van der Waals surface area contributed by atoms with Crippen molar-refractivity contribution < 1.29 is 19.4 Å². The fourth-order valence-electron chi connectivity index (χ4n) is 2.43. The SMILES string of the molecule is CC(=O)Oc1ccc(C2CCCCN2C(=O)O)cc1. The Labute approximate surface area is 111 Å². The molecule has 2 rings (SSSR count). The smallest absolute Gasteiger partial charge is 0.407 e. The van der Waals surface area contributed by atoms with Gasteiger partial charge in [0.2, 0.25) is 0 Å². The zero-order valence-corrected chi connectivity index (χ0v) is 10.8. The van der Waals surface area contributed by atoms with Crippen molar-refractivity contribution in [2.45, 2.75) is 32.2 Å².